The van der Waals surface area contributed by atoms with E-state index in [-0.39, 0.29) is 16.3 Å². The van der Waals surface area contributed by atoms with Crippen LogP contribution in [0.3, 0.4) is 0 Å². The van der Waals surface area contributed by atoms with Gasteiger partial charge in [0.15, 0.2) is 4.73 Å². The van der Waals surface area contributed by atoms with Crippen LogP contribution in [0.25, 0.3) is 21.9 Å². The second kappa shape index (κ2) is 4.27. The average molecular weight is 323 g/mol. The number of H-pyrrole nitrogens is 1. The minimum absolute atomic E-state index is 0.224. The molecule has 7 heteroatoms. The Labute approximate surface area is 115 Å². The molecule has 0 bridgehead atoms. The lowest BCUT2D eigenvalue weighted by Crippen LogP contribution is -2.08. The third kappa shape index (κ3) is 1.86. The molecule has 0 fully saturated rings. The first-order valence-corrected chi connectivity index (χ1v) is 6.25. The van der Waals surface area contributed by atoms with Crippen LogP contribution in [-0.4, -0.2) is 22.0 Å². The van der Waals surface area contributed by atoms with Gasteiger partial charge in [-0.15, -0.1) is 0 Å². The van der Waals surface area contributed by atoms with Gasteiger partial charge in [-0.05, 0) is 28.1 Å². The predicted molar refractivity (Wildman–Crippen MR) is 74.9 cm³/mol. The Morgan fingerprint density at radius 2 is 2.21 bits per heavy atom. The van der Waals surface area contributed by atoms with Gasteiger partial charge in [-0.25, -0.2) is 14.4 Å². The number of anilines is 1. The number of aromatic nitrogens is 3. The fourth-order valence-electron chi connectivity index (χ4n) is 2.00. The molecule has 0 aliphatic heterocycles. The summed E-state index contributed by atoms with van der Waals surface area (Å²) in [6.07, 6.45) is 1.51. The van der Waals surface area contributed by atoms with Crippen LogP contribution in [0.5, 0.6) is 0 Å². The smallest absolute Gasteiger partial charge is 0.215 e. The van der Waals surface area contributed by atoms with E-state index in [4.69, 9.17) is 0 Å². The number of aromatic amines is 1. The van der Waals surface area contributed by atoms with Crippen LogP contribution in [0, 0.1) is 5.82 Å². The summed E-state index contributed by atoms with van der Waals surface area (Å²) >= 11 is 3.11. The van der Waals surface area contributed by atoms with E-state index in [1.165, 1.54) is 18.3 Å². The molecular weight excluding hydrogens is 315 g/mol. The van der Waals surface area contributed by atoms with E-state index in [2.05, 4.69) is 36.2 Å². The van der Waals surface area contributed by atoms with Gasteiger partial charge in [-0.3, -0.25) is 4.79 Å². The maximum atomic E-state index is 13.5. The van der Waals surface area contributed by atoms with Crippen LogP contribution < -0.4 is 10.7 Å². The normalized spacial score (nSPS) is 11.1. The lowest BCUT2D eigenvalue weighted by molar-refractivity contribution is 0.630. The van der Waals surface area contributed by atoms with Gasteiger partial charge >= 0.3 is 0 Å². The number of rotatable bonds is 1. The maximum Gasteiger partial charge on any atom is 0.215 e. The Bertz CT molecular complexity index is 862. The molecular formula is C12H8BrFN4O. The van der Waals surface area contributed by atoms with E-state index in [1.807, 2.05) is 0 Å². The molecule has 1 aromatic carbocycles. The molecule has 0 radical (unpaired) electrons. The second-order valence-corrected chi connectivity index (χ2v) is 4.69. The highest BCUT2D eigenvalue weighted by molar-refractivity contribution is 9.10. The Morgan fingerprint density at radius 3 is 2.95 bits per heavy atom. The highest BCUT2D eigenvalue weighted by Crippen LogP contribution is 2.23. The van der Waals surface area contributed by atoms with Gasteiger partial charge in [-0.1, -0.05) is 0 Å². The highest BCUT2D eigenvalue weighted by atomic mass is 79.9. The zero-order valence-corrected chi connectivity index (χ0v) is 11.4. The molecule has 3 rings (SSSR count). The van der Waals surface area contributed by atoms with Crippen LogP contribution >= 0.6 is 15.9 Å². The van der Waals surface area contributed by atoms with Crippen molar-refractivity contribution < 1.29 is 4.39 Å². The average Bonchev–Trinajstić information content (AvgIpc) is 2.40. The van der Waals surface area contributed by atoms with Crippen molar-refractivity contribution in [1.29, 1.82) is 0 Å². The van der Waals surface area contributed by atoms with E-state index in [1.54, 1.807) is 7.05 Å². The summed E-state index contributed by atoms with van der Waals surface area (Å²) in [6, 6.07) is 2.52. The molecule has 0 aliphatic carbocycles. The first-order valence-electron chi connectivity index (χ1n) is 5.45. The van der Waals surface area contributed by atoms with Crippen molar-refractivity contribution >= 4 is 43.6 Å². The zero-order valence-electron chi connectivity index (χ0n) is 9.79. The summed E-state index contributed by atoms with van der Waals surface area (Å²) in [6.45, 7) is 0. The molecule has 2 aromatic heterocycles. The van der Waals surface area contributed by atoms with Gasteiger partial charge in [0.2, 0.25) is 5.43 Å². The van der Waals surface area contributed by atoms with Crippen molar-refractivity contribution in [3.05, 3.63) is 39.1 Å². The second-order valence-electron chi connectivity index (χ2n) is 3.98. The summed E-state index contributed by atoms with van der Waals surface area (Å²) in [4.78, 5) is 23.4. The molecule has 0 unspecified atom stereocenters. The number of benzene rings is 1. The lowest BCUT2D eigenvalue weighted by Gasteiger charge is -2.07. The molecule has 0 amide bonds. The van der Waals surface area contributed by atoms with E-state index in [9.17, 15) is 9.18 Å². The van der Waals surface area contributed by atoms with Crippen LogP contribution in [0.2, 0.25) is 0 Å². The minimum atomic E-state index is -0.477. The number of hydrogen-bond acceptors (Lipinski definition) is 4. The number of halogens is 2. The van der Waals surface area contributed by atoms with Crippen molar-refractivity contribution in [3.63, 3.8) is 0 Å². The van der Waals surface area contributed by atoms with Crippen LogP contribution in [0.1, 0.15) is 0 Å². The standard InChI is InChI=1S/C12H8BrFN4O/c1-15-7-3-5(14)2-6-9(7)17-8-4-16-12(13)18-10(8)11(6)19/h2-4,15H,1H3,(H,17,19). The van der Waals surface area contributed by atoms with Crippen LogP contribution in [0.4, 0.5) is 10.1 Å². The molecule has 0 saturated heterocycles. The largest absolute Gasteiger partial charge is 0.386 e. The number of pyridine rings is 1. The molecule has 5 nitrogen and oxygen atoms in total. The number of nitrogens with zero attached hydrogens (tertiary/aromatic N) is 2. The summed E-state index contributed by atoms with van der Waals surface area (Å²) in [7, 11) is 1.66. The van der Waals surface area contributed by atoms with Crippen molar-refractivity contribution in [3.8, 4) is 0 Å². The molecule has 0 spiro atoms. The SMILES string of the molecule is CNc1cc(F)cc2c(=O)c3nc(Br)ncc3[nH]c12. The van der Waals surface area contributed by atoms with E-state index in [0.717, 1.165) is 0 Å². The third-order valence-electron chi connectivity index (χ3n) is 2.85. The molecule has 2 heterocycles. The number of hydrogen-bond donors (Lipinski definition) is 2. The van der Waals surface area contributed by atoms with Gasteiger partial charge in [-0.2, -0.15) is 0 Å². The summed E-state index contributed by atoms with van der Waals surface area (Å²) in [5.41, 5.74) is 1.44. The van der Waals surface area contributed by atoms with Gasteiger partial charge in [0.25, 0.3) is 0 Å². The summed E-state index contributed by atoms with van der Waals surface area (Å²) in [5.74, 6) is -0.477. The van der Waals surface area contributed by atoms with Crippen LogP contribution in [0.15, 0.2) is 27.9 Å². The van der Waals surface area contributed by atoms with Crippen molar-refractivity contribution in [2.75, 3.05) is 12.4 Å². The summed E-state index contributed by atoms with van der Waals surface area (Å²) < 4.78 is 13.8. The molecule has 3 aromatic rings. The van der Waals surface area contributed by atoms with E-state index in [0.29, 0.717) is 21.5 Å². The van der Waals surface area contributed by atoms with E-state index >= 15 is 0 Å². The third-order valence-corrected chi connectivity index (χ3v) is 3.23. The highest BCUT2D eigenvalue weighted by Gasteiger charge is 2.11. The van der Waals surface area contributed by atoms with Crippen molar-refractivity contribution in [2.45, 2.75) is 0 Å². The first-order chi connectivity index (χ1) is 9.10. The molecule has 0 saturated carbocycles. The quantitative estimate of drug-likeness (QED) is 0.533. The Kier molecular flexibility index (Phi) is 2.70. The van der Waals surface area contributed by atoms with Gasteiger partial charge in [0.1, 0.15) is 11.3 Å². The molecule has 0 atom stereocenters. The molecule has 2 N–H and O–H groups in total. The number of fused-ring (bicyclic) bond motifs is 2. The molecule has 0 aliphatic rings. The monoisotopic (exact) mass is 322 g/mol. The fourth-order valence-corrected chi connectivity index (χ4v) is 2.28. The van der Waals surface area contributed by atoms with Gasteiger partial charge in [0.05, 0.1) is 28.3 Å². The van der Waals surface area contributed by atoms with Crippen molar-refractivity contribution in [1.82, 2.24) is 15.0 Å². The van der Waals surface area contributed by atoms with E-state index < -0.39 is 5.82 Å². The van der Waals surface area contributed by atoms with Crippen LogP contribution in [-0.2, 0) is 0 Å². The molecule has 19 heavy (non-hydrogen) atoms. The topological polar surface area (TPSA) is 70.7 Å². The predicted octanol–water partition coefficient (Wildman–Crippen LogP) is 2.41. The fraction of sp³-hybridized carbons (Fsp3) is 0.0833. The van der Waals surface area contributed by atoms with Crippen molar-refractivity contribution in [2.24, 2.45) is 0 Å². The Morgan fingerprint density at radius 1 is 1.42 bits per heavy atom. The minimum Gasteiger partial charge on any atom is -0.386 e. The zero-order chi connectivity index (χ0) is 13.6. The molecule has 96 valence electrons. The lowest BCUT2D eigenvalue weighted by atomic mass is 10.1. The first kappa shape index (κ1) is 12.0. The van der Waals surface area contributed by atoms with Gasteiger partial charge < -0.3 is 10.3 Å². The maximum absolute atomic E-state index is 13.5. The summed E-state index contributed by atoms with van der Waals surface area (Å²) in [5, 5.41) is 3.11. The number of nitrogens with one attached hydrogen (secondary N) is 2. The van der Waals surface area contributed by atoms with Gasteiger partial charge in [0, 0.05) is 7.05 Å². The Balaban J connectivity index is 2.57. The Hall–Kier alpha value is -2.02.